The van der Waals surface area contributed by atoms with Crippen LogP contribution >= 0.6 is 0 Å². The van der Waals surface area contributed by atoms with Crippen molar-refractivity contribution in [2.75, 3.05) is 0 Å². The second-order valence-electron chi connectivity index (χ2n) is 3.39. The third kappa shape index (κ3) is 2.08. The second-order valence-corrected chi connectivity index (χ2v) is 3.39. The van der Waals surface area contributed by atoms with Crippen molar-refractivity contribution in [1.29, 1.82) is 0 Å². The molecule has 17 heavy (non-hydrogen) atoms. The van der Waals surface area contributed by atoms with E-state index < -0.39 is 24.3 Å². The number of rotatable bonds is 2. The summed E-state index contributed by atoms with van der Waals surface area (Å²) in [4.78, 5) is 10.5. The molecule has 0 atom stereocenters. The molecule has 4 nitrogen and oxygen atoms in total. The summed E-state index contributed by atoms with van der Waals surface area (Å²) in [6.07, 6.45) is -5.04. The quantitative estimate of drug-likeness (QED) is 0.882. The van der Waals surface area contributed by atoms with E-state index in [-0.39, 0.29) is 16.5 Å². The molecule has 2 aromatic rings. The number of aliphatic carboxylic acids is 1. The van der Waals surface area contributed by atoms with E-state index in [9.17, 15) is 18.0 Å². The number of fused-ring (bicyclic) bond motifs is 1. The maximum Gasteiger partial charge on any atom is 0.453 e. The van der Waals surface area contributed by atoms with E-state index in [2.05, 4.69) is 9.68 Å². The predicted molar refractivity (Wildman–Crippen MR) is 50.4 cm³/mol. The SMILES string of the molecule is O=C(O)Cc1cccc2c(C(F)(F)F)onc12. The molecule has 0 fully saturated rings. The molecule has 0 aliphatic carbocycles. The van der Waals surface area contributed by atoms with Crippen molar-refractivity contribution in [1.82, 2.24) is 5.16 Å². The standard InChI is InChI=1S/C10H6F3NO3/c11-10(12,13)9-6-3-1-2-5(4-7(15)16)8(6)14-17-9/h1-3H,4H2,(H,15,16). The molecule has 90 valence electrons. The van der Waals surface area contributed by atoms with Crippen molar-refractivity contribution < 1.29 is 27.6 Å². The molecular weight excluding hydrogens is 239 g/mol. The number of alkyl halides is 3. The summed E-state index contributed by atoms with van der Waals surface area (Å²) < 4.78 is 41.7. The van der Waals surface area contributed by atoms with Crippen LogP contribution in [0.3, 0.4) is 0 Å². The van der Waals surface area contributed by atoms with Gasteiger partial charge < -0.3 is 9.63 Å². The Hall–Kier alpha value is -2.05. The Labute approximate surface area is 92.6 Å². The molecule has 1 N–H and O–H groups in total. The fourth-order valence-electron chi connectivity index (χ4n) is 1.53. The van der Waals surface area contributed by atoms with Gasteiger partial charge in [-0.25, -0.2) is 0 Å². The van der Waals surface area contributed by atoms with Gasteiger partial charge in [-0.15, -0.1) is 0 Å². The first-order valence-electron chi connectivity index (χ1n) is 4.56. The minimum atomic E-state index is -4.64. The first-order valence-corrected chi connectivity index (χ1v) is 4.56. The van der Waals surface area contributed by atoms with Gasteiger partial charge in [0.05, 0.1) is 11.8 Å². The van der Waals surface area contributed by atoms with Gasteiger partial charge in [0, 0.05) is 0 Å². The molecule has 0 amide bonds. The molecule has 0 aliphatic heterocycles. The topological polar surface area (TPSA) is 63.3 Å². The first kappa shape index (κ1) is 11.4. The average Bonchev–Trinajstić information content (AvgIpc) is 2.60. The summed E-state index contributed by atoms with van der Waals surface area (Å²) in [5.74, 6) is -2.35. The van der Waals surface area contributed by atoms with Crippen LogP contribution < -0.4 is 0 Å². The van der Waals surface area contributed by atoms with Gasteiger partial charge in [0.2, 0.25) is 5.76 Å². The zero-order valence-corrected chi connectivity index (χ0v) is 8.28. The number of carboxylic acids is 1. The normalized spacial score (nSPS) is 11.9. The van der Waals surface area contributed by atoms with Crippen LogP contribution in [0.4, 0.5) is 13.2 Å². The monoisotopic (exact) mass is 245 g/mol. The van der Waals surface area contributed by atoms with Gasteiger partial charge in [-0.1, -0.05) is 17.3 Å². The van der Waals surface area contributed by atoms with Gasteiger partial charge in [-0.2, -0.15) is 13.2 Å². The second kappa shape index (κ2) is 3.76. The number of benzene rings is 1. The lowest BCUT2D eigenvalue weighted by molar-refractivity contribution is -0.154. The van der Waals surface area contributed by atoms with Gasteiger partial charge in [0.1, 0.15) is 5.52 Å². The highest BCUT2D eigenvalue weighted by atomic mass is 19.4. The van der Waals surface area contributed by atoms with Crippen molar-refractivity contribution in [3.8, 4) is 0 Å². The molecule has 0 saturated carbocycles. The molecule has 0 bridgehead atoms. The molecule has 0 unspecified atom stereocenters. The molecule has 2 rings (SSSR count). The van der Waals surface area contributed by atoms with E-state index in [4.69, 9.17) is 5.11 Å². The zero-order valence-electron chi connectivity index (χ0n) is 8.28. The highest BCUT2D eigenvalue weighted by Gasteiger charge is 2.38. The number of hydrogen-bond donors (Lipinski definition) is 1. The highest BCUT2D eigenvalue weighted by Crippen LogP contribution is 2.35. The molecule has 0 aliphatic rings. The van der Waals surface area contributed by atoms with E-state index in [1.54, 1.807) is 0 Å². The average molecular weight is 245 g/mol. The summed E-state index contributed by atoms with van der Waals surface area (Å²) >= 11 is 0. The summed E-state index contributed by atoms with van der Waals surface area (Å²) in [7, 11) is 0. The van der Waals surface area contributed by atoms with E-state index in [0.717, 1.165) is 0 Å². The first-order chi connectivity index (χ1) is 7.89. The van der Waals surface area contributed by atoms with Crippen molar-refractivity contribution in [2.45, 2.75) is 12.6 Å². The van der Waals surface area contributed by atoms with Gasteiger partial charge >= 0.3 is 12.1 Å². The van der Waals surface area contributed by atoms with E-state index in [1.807, 2.05) is 0 Å². The Morgan fingerprint density at radius 2 is 2.12 bits per heavy atom. The number of hydrogen-bond acceptors (Lipinski definition) is 3. The number of carbonyl (C=O) groups is 1. The number of carboxylic acid groups (broad SMARTS) is 1. The smallest absolute Gasteiger partial charge is 0.453 e. The maximum absolute atomic E-state index is 12.5. The van der Waals surface area contributed by atoms with Crippen molar-refractivity contribution >= 4 is 16.9 Å². The number of aromatic nitrogens is 1. The van der Waals surface area contributed by atoms with Gasteiger partial charge in [0.15, 0.2) is 0 Å². The van der Waals surface area contributed by atoms with Crippen LogP contribution in [0.15, 0.2) is 22.7 Å². The Kier molecular flexibility index (Phi) is 2.53. The summed E-state index contributed by atoms with van der Waals surface area (Å²) in [5, 5.41) is 11.7. The minimum Gasteiger partial charge on any atom is -0.481 e. The summed E-state index contributed by atoms with van der Waals surface area (Å²) in [6, 6.07) is 3.94. The van der Waals surface area contributed by atoms with Crippen LogP contribution in [0, 0.1) is 0 Å². The van der Waals surface area contributed by atoms with Crippen LogP contribution in [0.25, 0.3) is 10.9 Å². The Morgan fingerprint density at radius 3 is 2.71 bits per heavy atom. The lowest BCUT2D eigenvalue weighted by Gasteiger charge is -2.01. The van der Waals surface area contributed by atoms with Crippen LogP contribution in [-0.4, -0.2) is 16.2 Å². The number of halogens is 3. The van der Waals surface area contributed by atoms with E-state index in [0.29, 0.717) is 0 Å². The minimum absolute atomic E-state index is 0.0674. The van der Waals surface area contributed by atoms with E-state index >= 15 is 0 Å². The highest BCUT2D eigenvalue weighted by molar-refractivity contribution is 5.87. The van der Waals surface area contributed by atoms with Crippen molar-refractivity contribution in [3.05, 3.63) is 29.5 Å². The van der Waals surface area contributed by atoms with Crippen molar-refractivity contribution in [2.24, 2.45) is 0 Å². The van der Waals surface area contributed by atoms with Gasteiger partial charge in [0.25, 0.3) is 0 Å². The molecule has 1 aromatic carbocycles. The van der Waals surface area contributed by atoms with Gasteiger partial charge in [-0.3, -0.25) is 4.79 Å². The van der Waals surface area contributed by atoms with Crippen LogP contribution in [0.5, 0.6) is 0 Å². The van der Waals surface area contributed by atoms with Crippen LogP contribution in [0.1, 0.15) is 11.3 Å². The zero-order chi connectivity index (χ0) is 12.6. The molecule has 7 heteroatoms. The fourth-order valence-corrected chi connectivity index (χ4v) is 1.53. The van der Waals surface area contributed by atoms with Crippen LogP contribution in [0.2, 0.25) is 0 Å². The molecule has 0 saturated heterocycles. The Balaban J connectivity index is 2.61. The third-order valence-electron chi connectivity index (χ3n) is 2.19. The summed E-state index contributed by atoms with van der Waals surface area (Å²) in [5.41, 5.74) is 0.122. The molecule has 1 heterocycles. The predicted octanol–water partition coefficient (Wildman–Crippen LogP) is 2.47. The van der Waals surface area contributed by atoms with Crippen LogP contribution in [-0.2, 0) is 17.4 Å². The molecule has 1 aromatic heterocycles. The molecular formula is C10H6F3NO3. The van der Waals surface area contributed by atoms with Gasteiger partial charge in [-0.05, 0) is 11.6 Å². The lowest BCUT2D eigenvalue weighted by atomic mass is 10.1. The molecule has 0 radical (unpaired) electrons. The molecule has 0 spiro atoms. The largest absolute Gasteiger partial charge is 0.481 e. The fraction of sp³-hybridized carbons (Fsp3) is 0.200. The Bertz CT molecular complexity index is 574. The van der Waals surface area contributed by atoms with Crippen molar-refractivity contribution in [3.63, 3.8) is 0 Å². The Morgan fingerprint density at radius 1 is 1.41 bits per heavy atom. The maximum atomic E-state index is 12.5. The van der Waals surface area contributed by atoms with E-state index in [1.165, 1.54) is 18.2 Å². The lowest BCUT2D eigenvalue weighted by Crippen LogP contribution is -2.04. The number of nitrogens with zero attached hydrogens (tertiary/aromatic N) is 1. The third-order valence-corrected chi connectivity index (χ3v) is 2.19. The summed E-state index contributed by atoms with van der Waals surface area (Å²) in [6.45, 7) is 0.